The number of aromatic nitrogens is 1. The normalized spacial score (nSPS) is 10.1. The molecule has 92 valence electrons. The number of rotatable bonds is 3. The molecule has 18 heavy (non-hydrogen) atoms. The van der Waals surface area contributed by atoms with E-state index < -0.39 is 0 Å². The zero-order valence-corrected chi connectivity index (χ0v) is 10.1. The lowest BCUT2D eigenvalue weighted by Crippen LogP contribution is -2.22. The minimum absolute atomic E-state index is 0.0937. The predicted molar refractivity (Wildman–Crippen MR) is 70.5 cm³/mol. The SMILES string of the molecule is CCNC(=O)c1cccc(-c2ccc(=O)[nH]c2)c1. The largest absolute Gasteiger partial charge is 0.352 e. The van der Waals surface area contributed by atoms with Crippen molar-refractivity contribution in [1.29, 1.82) is 0 Å². The molecule has 1 aromatic heterocycles. The second-order valence-electron chi connectivity index (χ2n) is 3.88. The number of hydrogen-bond donors (Lipinski definition) is 2. The van der Waals surface area contributed by atoms with Gasteiger partial charge in [0.25, 0.3) is 5.91 Å². The van der Waals surface area contributed by atoms with Gasteiger partial charge in [-0.15, -0.1) is 0 Å². The molecular weight excluding hydrogens is 228 g/mol. The smallest absolute Gasteiger partial charge is 0.251 e. The number of nitrogens with one attached hydrogen (secondary N) is 2. The summed E-state index contributed by atoms with van der Waals surface area (Å²) >= 11 is 0. The molecule has 0 saturated heterocycles. The summed E-state index contributed by atoms with van der Waals surface area (Å²) in [6, 6.07) is 10.5. The molecule has 0 spiro atoms. The van der Waals surface area contributed by atoms with Gasteiger partial charge in [0.05, 0.1) is 0 Å². The van der Waals surface area contributed by atoms with Crippen LogP contribution in [0.25, 0.3) is 11.1 Å². The van der Waals surface area contributed by atoms with E-state index in [-0.39, 0.29) is 11.5 Å². The summed E-state index contributed by atoms with van der Waals surface area (Å²) in [6.07, 6.45) is 1.64. The van der Waals surface area contributed by atoms with Crippen LogP contribution in [0.2, 0.25) is 0 Å². The second-order valence-corrected chi connectivity index (χ2v) is 3.88. The van der Waals surface area contributed by atoms with E-state index >= 15 is 0 Å². The van der Waals surface area contributed by atoms with Crippen LogP contribution in [0.15, 0.2) is 47.4 Å². The maximum atomic E-state index is 11.7. The highest BCUT2D eigenvalue weighted by Gasteiger charge is 2.05. The van der Waals surface area contributed by atoms with Gasteiger partial charge in [0.2, 0.25) is 5.56 Å². The van der Waals surface area contributed by atoms with Crippen molar-refractivity contribution in [2.75, 3.05) is 6.54 Å². The summed E-state index contributed by atoms with van der Waals surface area (Å²) in [4.78, 5) is 25.3. The average Bonchev–Trinajstić information content (AvgIpc) is 2.40. The Morgan fingerprint density at radius 2 is 2.06 bits per heavy atom. The maximum absolute atomic E-state index is 11.7. The molecule has 2 aromatic rings. The highest BCUT2D eigenvalue weighted by atomic mass is 16.1. The van der Waals surface area contributed by atoms with E-state index in [0.29, 0.717) is 12.1 Å². The van der Waals surface area contributed by atoms with Crippen LogP contribution in [-0.2, 0) is 0 Å². The summed E-state index contributed by atoms with van der Waals surface area (Å²) in [5.41, 5.74) is 2.25. The number of benzene rings is 1. The fourth-order valence-electron chi connectivity index (χ4n) is 1.69. The van der Waals surface area contributed by atoms with E-state index in [9.17, 15) is 9.59 Å². The van der Waals surface area contributed by atoms with Crippen LogP contribution in [0.1, 0.15) is 17.3 Å². The van der Waals surface area contributed by atoms with Crippen molar-refractivity contribution in [3.63, 3.8) is 0 Å². The van der Waals surface area contributed by atoms with Gasteiger partial charge in [0, 0.05) is 24.4 Å². The van der Waals surface area contributed by atoms with Crippen LogP contribution >= 0.6 is 0 Å². The van der Waals surface area contributed by atoms with Gasteiger partial charge in [-0.3, -0.25) is 9.59 Å². The second kappa shape index (κ2) is 5.31. The van der Waals surface area contributed by atoms with Crippen LogP contribution in [0.4, 0.5) is 0 Å². The highest BCUT2D eigenvalue weighted by Crippen LogP contribution is 2.18. The quantitative estimate of drug-likeness (QED) is 0.862. The minimum Gasteiger partial charge on any atom is -0.352 e. The molecule has 4 heteroatoms. The van der Waals surface area contributed by atoms with E-state index in [0.717, 1.165) is 11.1 Å². The fourth-order valence-corrected chi connectivity index (χ4v) is 1.69. The Balaban J connectivity index is 2.35. The summed E-state index contributed by atoms with van der Waals surface area (Å²) < 4.78 is 0. The molecule has 0 radical (unpaired) electrons. The summed E-state index contributed by atoms with van der Waals surface area (Å²) in [7, 11) is 0. The Kier molecular flexibility index (Phi) is 3.57. The predicted octanol–water partition coefficient (Wildman–Crippen LogP) is 1.79. The molecule has 1 aromatic carbocycles. The zero-order chi connectivity index (χ0) is 13.0. The Morgan fingerprint density at radius 3 is 2.72 bits per heavy atom. The summed E-state index contributed by atoms with van der Waals surface area (Å²) in [6.45, 7) is 2.48. The third kappa shape index (κ3) is 2.66. The third-order valence-corrected chi connectivity index (χ3v) is 2.58. The molecule has 0 bridgehead atoms. The monoisotopic (exact) mass is 242 g/mol. The molecule has 2 rings (SSSR count). The van der Waals surface area contributed by atoms with Crippen molar-refractivity contribution in [2.45, 2.75) is 6.92 Å². The maximum Gasteiger partial charge on any atom is 0.251 e. The van der Waals surface area contributed by atoms with Gasteiger partial charge >= 0.3 is 0 Å². The van der Waals surface area contributed by atoms with Gasteiger partial charge in [-0.1, -0.05) is 12.1 Å². The Bertz CT molecular complexity index is 597. The van der Waals surface area contributed by atoms with E-state index in [4.69, 9.17) is 0 Å². The van der Waals surface area contributed by atoms with E-state index in [1.54, 1.807) is 24.4 Å². The van der Waals surface area contributed by atoms with Gasteiger partial charge in [0.15, 0.2) is 0 Å². The molecular formula is C14H14N2O2. The first-order valence-corrected chi connectivity index (χ1v) is 5.78. The molecule has 1 amide bonds. The standard InChI is InChI=1S/C14H14N2O2/c1-2-15-14(18)11-5-3-4-10(8-11)12-6-7-13(17)16-9-12/h3-9H,2H2,1H3,(H,15,18)(H,16,17). The topological polar surface area (TPSA) is 62.0 Å². The number of hydrogen-bond acceptors (Lipinski definition) is 2. The zero-order valence-electron chi connectivity index (χ0n) is 10.1. The number of carbonyl (C=O) groups is 1. The van der Waals surface area contributed by atoms with Crippen molar-refractivity contribution < 1.29 is 4.79 Å². The first-order chi connectivity index (χ1) is 8.70. The van der Waals surface area contributed by atoms with Crippen molar-refractivity contribution in [1.82, 2.24) is 10.3 Å². The first kappa shape index (κ1) is 12.1. The number of amides is 1. The summed E-state index contributed by atoms with van der Waals surface area (Å²) in [5.74, 6) is -0.0937. The van der Waals surface area contributed by atoms with Gasteiger partial charge in [0.1, 0.15) is 0 Å². The molecule has 2 N–H and O–H groups in total. The molecule has 0 saturated carbocycles. The molecule has 0 aliphatic heterocycles. The molecule has 1 heterocycles. The van der Waals surface area contributed by atoms with Crippen LogP contribution in [0, 0.1) is 0 Å². The molecule has 0 aliphatic carbocycles. The van der Waals surface area contributed by atoms with Crippen molar-refractivity contribution in [2.24, 2.45) is 0 Å². The van der Waals surface area contributed by atoms with Gasteiger partial charge in [-0.25, -0.2) is 0 Å². The van der Waals surface area contributed by atoms with Gasteiger partial charge < -0.3 is 10.3 Å². The molecule has 0 fully saturated rings. The molecule has 0 unspecified atom stereocenters. The van der Waals surface area contributed by atoms with E-state index in [1.807, 2.05) is 19.1 Å². The highest BCUT2D eigenvalue weighted by molar-refractivity contribution is 5.95. The number of H-pyrrole nitrogens is 1. The first-order valence-electron chi connectivity index (χ1n) is 5.78. The number of pyridine rings is 1. The Labute approximate surface area is 105 Å². The number of aromatic amines is 1. The molecule has 4 nitrogen and oxygen atoms in total. The van der Waals surface area contributed by atoms with Crippen LogP contribution in [0.3, 0.4) is 0 Å². The Hall–Kier alpha value is -2.36. The van der Waals surface area contributed by atoms with Crippen molar-refractivity contribution >= 4 is 5.91 Å². The van der Waals surface area contributed by atoms with Gasteiger partial charge in [-0.2, -0.15) is 0 Å². The number of carbonyl (C=O) groups excluding carboxylic acids is 1. The average molecular weight is 242 g/mol. The Morgan fingerprint density at radius 1 is 1.22 bits per heavy atom. The minimum atomic E-state index is -0.140. The van der Waals surface area contributed by atoms with Crippen LogP contribution in [0.5, 0.6) is 0 Å². The van der Waals surface area contributed by atoms with Crippen LogP contribution < -0.4 is 10.9 Å². The van der Waals surface area contributed by atoms with E-state index in [2.05, 4.69) is 10.3 Å². The lowest BCUT2D eigenvalue weighted by molar-refractivity contribution is 0.0956. The third-order valence-electron chi connectivity index (χ3n) is 2.58. The van der Waals surface area contributed by atoms with Crippen molar-refractivity contribution in [3.05, 3.63) is 58.5 Å². The lowest BCUT2D eigenvalue weighted by Gasteiger charge is -2.05. The van der Waals surface area contributed by atoms with Crippen LogP contribution in [-0.4, -0.2) is 17.4 Å². The van der Waals surface area contributed by atoms with E-state index in [1.165, 1.54) is 6.07 Å². The van der Waals surface area contributed by atoms with Gasteiger partial charge in [-0.05, 0) is 36.2 Å². The molecule has 0 atom stereocenters. The molecule has 0 aliphatic rings. The summed E-state index contributed by atoms with van der Waals surface area (Å²) in [5, 5.41) is 2.75. The fraction of sp³-hybridized carbons (Fsp3) is 0.143. The van der Waals surface area contributed by atoms with Crippen molar-refractivity contribution in [3.8, 4) is 11.1 Å². The lowest BCUT2D eigenvalue weighted by atomic mass is 10.0.